The number of hydrogen-bond donors (Lipinski definition) is 0. The quantitative estimate of drug-likeness (QED) is 0.609. The van der Waals surface area contributed by atoms with Gasteiger partial charge in [-0.25, -0.2) is 0 Å². The maximum Gasteiger partial charge on any atom is 0.255 e. The summed E-state index contributed by atoms with van der Waals surface area (Å²) in [6.45, 7) is 0.799. The van der Waals surface area contributed by atoms with Gasteiger partial charge in [-0.15, -0.1) is 11.8 Å². The summed E-state index contributed by atoms with van der Waals surface area (Å²) >= 11 is 1.86. The van der Waals surface area contributed by atoms with Crippen molar-refractivity contribution in [3.63, 3.8) is 0 Å². The highest BCUT2D eigenvalue weighted by Crippen LogP contribution is 2.45. The van der Waals surface area contributed by atoms with Crippen LogP contribution in [0.3, 0.4) is 0 Å². The van der Waals surface area contributed by atoms with Crippen LogP contribution in [-0.4, -0.2) is 23.1 Å². The molecule has 0 spiro atoms. The molecule has 0 N–H and O–H groups in total. The molecule has 2 aliphatic rings. The van der Waals surface area contributed by atoms with Crippen molar-refractivity contribution in [2.45, 2.75) is 10.9 Å². The van der Waals surface area contributed by atoms with E-state index in [2.05, 4.69) is 42.5 Å². The number of carbonyl (C=O) groups excluding carboxylic acids is 1. The summed E-state index contributed by atoms with van der Waals surface area (Å²) in [6.07, 6.45) is 0. The fraction of sp³-hybridized carbons (Fsp3) is 0.150. The van der Waals surface area contributed by atoms with E-state index >= 15 is 0 Å². The van der Waals surface area contributed by atoms with E-state index in [-0.39, 0.29) is 11.9 Å². The molecule has 2 aliphatic heterocycles. The van der Waals surface area contributed by atoms with Crippen LogP contribution in [0.5, 0.6) is 0 Å². The predicted molar refractivity (Wildman–Crippen MR) is 94.0 cm³/mol. The molecule has 0 aromatic heterocycles. The Morgan fingerprint density at radius 2 is 1.65 bits per heavy atom. The van der Waals surface area contributed by atoms with Gasteiger partial charge in [-0.1, -0.05) is 42.5 Å². The summed E-state index contributed by atoms with van der Waals surface area (Å²) in [5.74, 6) is 1.12. The van der Waals surface area contributed by atoms with E-state index in [9.17, 15) is 4.79 Å². The third-order valence-corrected chi connectivity index (χ3v) is 5.87. The van der Waals surface area contributed by atoms with E-state index < -0.39 is 0 Å². The van der Waals surface area contributed by atoms with E-state index in [4.69, 9.17) is 0 Å². The van der Waals surface area contributed by atoms with Crippen molar-refractivity contribution >= 4 is 28.4 Å². The molecule has 3 heteroatoms. The molecule has 2 heterocycles. The first-order chi connectivity index (χ1) is 11.3. The third kappa shape index (κ3) is 1.86. The van der Waals surface area contributed by atoms with E-state index in [1.165, 1.54) is 21.2 Å². The van der Waals surface area contributed by atoms with Gasteiger partial charge in [-0.05, 0) is 40.1 Å². The molecule has 112 valence electrons. The molecule has 1 atom stereocenters. The minimum atomic E-state index is 0.0632. The number of fused-ring (bicyclic) bond motifs is 6. The Balaban J connectivity index is 1.80. The van der Waals surface area contributed by atoms with Gasteiger partial charge >= 0.3 is 0 Å². The fourth-order valence-electron chi connectivity index (χ4n) is 3.77. The Bertz CT molecular complexity index is 949. The monoisotopic (exact) mass is 317 g/mol. The molecule has 0 fully saturated rings. The zero-order chi connectivity index (χ0) is 15.4. The Morgan fingerprint density at radius 3 is 2.52 bits per heavy atom. The first kappa shape index (κ1) is 13.2. The molecule has 3 aromatic carbocycles. The second kappa shape index (κ2) is 4.87. The molecular weight excluding hydrogens is 302 g/mol. The number of hydrogen-bond acceptors (Lipinski definition) is 2. The van der Waals surface area contributed by atoms with Gasteiger partial charge in [0.15, 0.2) is 0 Å². The van der Waals surface area contributed by atoms with E-state index in [0.717, 1.165) is 23.4 Å². The average Bonchev–Trinajstić information content (AvgIpc) is 2.75. The van der Waals surface area contributed by atoms with Crippen LogP contribution in [0.15, 0.2) is 65.6 Å². The zero-order valence-corrected chi connectivity index (χ0v) is 13.3. The molecule has 2 nitrogen and oxygen atoms in total. The van der Waals surface area contributed by atoms with Crippen molar-refractivity contribution in [3.8, 4) is 0 Å². The van der Waals surface area contributed by atoms with Crippen LogP contribution in [0.4, 0.5) is 0 Å². The lowest BCUT2D eigenvalue weighted by atomic mass is 9.95. The van der Waals surface area contributed by atoms with E-state index in [1.807, 2.05) is 34.9 Å². The zero-order valence-electron chi connectivity index (χ0n) is 12.5. The summed E-state index contributed by atoms with van der Waals surface area (Å²) in [5, 5.41) is 2.51. The molecule has 5 rings (SSSR count). The van der Waals surface area contributed by atoms with Crippen molar-refractivity contribution in [2.75, 3.05) is 12.3 Å². The molecule has 1 amide bonds. The molecular formula is C20H15NOS. The highest BCUT2D eigenvalue weighted by molar-refractivity contribution is 7.99. The lowest BCUT2D eigenvalue weighted by Gasteiger charge is -2.24. The second-order valence-corrected chi connectivity index (χ2v) is 7.21. The molecule has 3 aromatic rings. The number of rotatable bonds is 0. The normalized spacial score (nSPS) is 19.2. The van der Waals surface area contributed by atoms with Crippen LogP contribution in [0.2, 0.25) is 0 Å². The number of carbonyl (C=O) groups is 1. The van der Waals surface area contributed by atoms with Gasteiger partial charge < -0.3 is 4.90 Å². The SMILES string of the molecule is O=C1c2ccccc2C2c3cc4ccccc4cc3SCCN12. The van der Waals surface area contributed by atoms with E-state index in [0.29, 0.717) is 0 Å². The lowest BCUT2D eigenvalue weighted by molar-refractivity contribution is 0.0762. The van der Waals surface area contributed by atoms with Gasteiger partial charge in [0.25, 0.3) is 5.91 Å². The molecule has 0 aliphatic carbocycles. The van der Waals surface area contributed by atoms with Crippen LogP contribution in [0, 0.1) is 0 Å². The van der Waals surface area contributed by atoms with Crippen molar-refractivity contribution in [1.29, 1.82) is 0 Å². The van der Waals surface area contributed by atoms with Gasteiger partial charge in [-0.3, -0.25) is 4.79 Å². The highest BCUT2D eigenvalue weighted by Gasteiger charge is 2.39. The number of thioether (sulfide) groups is 1. The van der Waals surface area contributed by atoms with E-state index in [1.54, 1.807) is 0 Å². The summed E-state index contributed by atoms with van der Waals surface area (Å²) in [6, 6.07) is 21.1. The Kier molecular flexibility index (Phi) is 2.79. The first-order valence-corrected chi connectivity index (χ1v) is 8.87. The van der Waals surface area contributed by atoms with Crippen LogP contribution in [-0.2, 0) is 0 Å². The summed E-state index contributed by atoms with van der Waals surface area (Å²) in [5.41, 5.74) is 3.28. The van der Waals surface area contributed by atoms with Crippen LogP contribution < -0.4 is 0 Å². The van der Waals surface area contributed by atoms with Crippen molar-refractivity contribution < 1.29 is 4.79 Å². The molecule has 0 bridgehead atoms. The fourth-order valence-corrected chi connectivity index (χ4v) is 4.82. The number of nitrogens with zero attached hydrogens (tertiary/aromatic N) is 1. The Hall–Kier alpha value is -2.26. The van der Waals surface area contributed by atoms with Gasteiger partial charge in [0.1, 0.15) is 0 Å². The second-order valence-electron chi connectivity index (χ2n) is 6.07. The molecule has 1 unspecified atom stereocenters. The molecule has 0 saturated carbocycles. The van der Waals surface area contributed by atoms with Crippen LogP contribution >= 0.6 is 11.8 Å². The lowest BCUT2D eigenvalue weighted by Crippen LogP contribution is -2.29. The van der Waals surface area contributed by atoms with Crippen molar-refractivity contribution in [2.24, 2.45) is 0 Å². The Morgan fingerprint density at radius 1 is 0.913 bits per heavy atom. The maximum absolute atomic E-state index is 12.8. The van der Waals surface area contributed by atoms with Gasteiger partial charge in [0.05, 0.1) is 6.04 Å². The standard InChI is InChI=1S/C20H15NOS/c22-20-16-8-4-3-7-15(16)19-17-11-13-5-1-2-6-14(13)12-18(17)23-10-9-21(19)20/h1-8,11-12,19H,9-10H2. The van der Waals surface area contributed by atoms with Gasteiger partial charge in [0.2, 0.25) is 0 Å². The first-order valence-electron chi connectivity index (χ1n) is 7.88. The number of benzene rings is 3. The molecule has 0 saturated heterocycles. The topological polar surface area (TPSA) is 20.3 Å². The molecule has 23 heavy (non-hydrogen) atoms. The Labute approximate surface area is 139 Å². The summed E-state index contributed by atoms with van der Waals surface area (Å²) < 4.78 is 0. The highest BCUT2D eigenvalue weighted by atomic mass is 32.2. The minimum absolute atomic E-state index is 0.0632. The third-order valence-electron chi connectivity index (χ3n) is 4.82. The van der Waals surface area contributed by atoms with Crippen LogP contribution in [0.25, 0.3) is 10.8 Å². The van der Waals surface area contributed by atoms with Crippen LogP contribution in [0.1, 0.15) is 27.5 Å². The molecule has 0 radical (unpaired) electrons. The van der Waals surface area contributed by atoms with Crippen molar-refractivity contribution in [1.82, 2.24) is 4.90 Å². The predicted octanol–water partition coefficient (Wildman–Crippen LogP) is 4.49. The summed E-state index contributed by atoms with van der Waals surface area (Å²) in [7, 11) is 0. The van der Waals surface area contributed by atoms with Crippen molar-refractivity contribution in [3.05, 3.63) is 77.4 Å². The number of amides is 1. The minimum Gasteiger partial charge on any atom is -0.327 e. The average molecular weight is 317 g/mol. The van der Waals surface area contributed by atoms with Gasteiger partial charge in [0, 0.05) is 22.8 Å². The maximum atomic E-state index is 12.8. The smallest absolute Gasteiger partial charge is 0.255 e. The summed E-state index contributed by atoms with van der Waals surface area (Å²) in [4.78, 5) is 16.1. The van der Waals surface area contributed by atoms with Gasteiger partial charge in [-0.2, -0.15) is 0 Å². The largest absolute Gasteiger partial charge is 0.327 e.